The largest absolute Gasteiger partial charge is 0.395 e. The summed E-state index contributed by atoms with van der Waals surface area (Å²) in [4.78, 5) is 14.3. The molecule has 0 aromatic heterocycles. The number of aliphatic hydroxyl groups is 1. The first-order chi connectivity index (χ1) is 9.22. The quantitative estimate of drug-likeness (QED) is 0.734. The van der Waals surface area contributed by atoms with Crippen molar-refractivity contribution >= 4 is 5.91 Å². The van der Waals surface area contributed by atoms with Gasteiger partial charge < -0.3 is 10.0 Å². The summed E-state index contributed by atoms with van der Waals surface area (Å²) in [5, 5.41) is 9.15. The Balaban J connectivity index is 2.41. The summed E-state index contributed by atoms with van der Waals surface area (Å²) in [6.07, 6.45) is 10.3. The van der Waals surface area contributed by atoms with E-state index in [1.807, 2.05) is 4.90 Å². The molecular weight excluding hydrogens is 238 g/mol. The molecule has 112 valence electrons. The van der Waals surface area contributed by atoms with Crippen LogP contribution in [0.3, 0.4) is 0 Å². The summed E-state index contributed by atoms with van der Waals surface area (Å²) >= 11 is 0. The summed E-state index contributed by atoms with van der Waals surface area (Å²) < 4.78 is 0. The van der Waals surface area contributed by atoms with Crippen LogP contribution in [0.15, 0.2) is 0 Å². The minimum Gasteiger partial charge on any atom is -0.395 e. The number of aliphatic hydroxyl groups excluding tert-OH is 1. The van der Waals surface area contributed by atoms with Crippen molar-refractivity contribution in [2.45, 2.75) is 77.7 Å². The van der Waals surface area contributed by atoms with Crippen LogP contribution in [0.5, 0.6) is 0 Å². The Hall–Kier alpha value is -0.570. The molecule has 0 aromatic rings. The summed E-state index contributed by atoms with van der Waals surface area (Å²) in [6, 6.07) is 0.297. The van der Waals surface area contributed by atoms with E-state index in [0.29, 0.717) is 19.0 Å². The van der Waals surface area contributed by atoms with Crippen molar-refractivity contribution in [2.75, 3.05) is 13.2 Å². The van der Waals surface area contributed by atoms with Gasteiger partial charge in [0.05, 0.1) is 6.61 Å². The van der Waals surface area contributed by atoms with Gasteiger partial charge in [-0.15, -0.1) is 0 Å². The molecule has 1 aliphatic carbocycles. The van der Waals surface area contributed by atoms with Crippen LogP contribution in [-0.2, 0) is 4.79 Å². The second kappa shape index (κ2) is 9.35. The highest BCUT2D eigenvalue weighted by molar-refractivity contribution is 5.76. The van der Waals surface area contributed by atoms with Gasteiger partial charge in [0.1, 0.15) is 0 Å². The van der Waals surface area contributed by atoms with Gasteiger partial charge in [0.15, 0.2) is 0 Å². The number of carbonyl (C=O) groups excluding carboxylic acids is 1. The zero-order chi connectivity index (χ0) is 14.1. The Kier molecular flexibility index (Phi) is 8.11. The lowest BCUT2D eigenvalue weighted by Gasteiger charge is -2.31. The molecule has 3 nitrogen and oxygen atoms in total. The highest BCUT2D eigenvalue weighted by atomic mass is 16.3. The molecule has 1 fully saturated rings. The molecule has 0 radical (unpaired) electrons. The van der Waals surface area contributed by atoms with E-state index in [0.717, 1.165) is 25.2 Å². The van der Waals surface area contributed by atoms with Crippen LogP contribution in [-0.4, -0.2) is 35.1 Å². The smallest absolute Gasteiger partial charge is 0.222 e. The fourth-order valence-corrected chi connectivity index (χ4v) is 3.30. The Morgan fingerprint density at radius 1 is 1.21 bits per heavy atom. The fraction of sp³-hybridized carbons (Fsp3) is 0.938. The van der Waals surface area contributed by atoms with Gasteiger partial charge in [-0.2, -0.15) is 0 Å². The molecule has 0 unspecified atom stereocenters. The molecule has 1 aliphatic rings. The number of carbonyl (C=O) groups is 1. The minimum atomic E-state index is 0.0751. The van der Waals surface area contributed by atoms with Gasteiger partial charge in [0.25, 0.3) is 0 Å². The highest BCUT2D eigenvalue weighted by Gasteiger charge is 2.22. The Bertz CT molecular complexity index is 245. The molecule has 0 aromatic carbocycles. The van der Waals surface area contributed by atoms with Crippen molar-refractivity contribution in [3.8, 4) is 0 Å². The van der Waals surface area contributed by atoms with Gasteiger partial charge in [0.2, 0.25) is 5.91 Å². The van der Waals surface area contributed by atoms with Gasteiger partial charge in [-0.25, -0.2) is 0 Å². The van der Waals surface area contributed by atoms with Crippen LogP contribution in [0.25, 0.3) is 0 Å². The third-order valence-electron chi connectivity index (χ3n) is 4.54. The first kappa shape index (κ1) is 16.5. The summed E-state index contributed by atoms with van der Waals surface area (Å²) in [7, 11) is 0. The molecule has 1 N–H and O–H groups in total. The summed E-state index contributed by atoms with van der Waals surface area (Å²) in [5.74, 6) is 1.00. The Labute approximate surface area is 118 Å². The fourth-order valence-electron chi connectivity index (χ4n) is 3.30. The molecule has 0 spiro atoms. The minimum absolute atomic E-state index is 0.0751. The zero-order valence-corrected chi connectivity index (χ0v) is 12.7. The van der Waals surface area contributed by atoms with Crippen molar-refractivity contribution in [3.63, 3.8) is 0 Å². The Morgan fingerprint density at radius 3 is 2.37 bits per heavy atom. The number of hydrogen-bond donors (Lipinski definition) is 1. The third-order valence-corrected chi connectivity index (χ3v) is 4.54. The van der Waals surface area contributed by atoms with Gasteiger partial charge in [-0.05, 0) is 25.2 Å². The molecule has 1 saturated carbocycles. The van der Waals surface area contributed by atoms with Crippen molar-refractivity contribution in [1.82, 2.24) is 4.90 Å². The first-order valence-corrected chi connectivity index (χ1v) is 8.13. The standard InChI is InChI=1S/C16H31NO2/c1-3-15(4-2)17(12-13-18)16(19)11-10-14-8-6-5-7-9-14/h14-15,18H,3-13H2,1-2H3. The van der Waals surface area contributed by atoms with Crippen LogP contribution in [0, 0.1) is 5.92 Å². The predicted octanol–water partition coefficient (Wildman–Crippen LogP) is 3.36. The lowest BCUT2D eigenvalue weighted by atomic mass is 9.86. The van der Waals surface area contributed by atoms with Gasteiger partial charge >= 0.3 is 0 Å². The first-order valence-electron chi connectivity index (χ1n) is 8.13. The van der Waals surface area contributed by atoms with Crippen molar-refractivity contribution in [3.05, 3.63) is 0 Å². The molecule has 0 heterocycles. The average molecular weight is 269 g/mol. The monoisotopic (exact) mass is 269 g/mol. The van der Waals surface area contributed by atoms with E-state index in [9.17, 15) is 4.79 Å². The van der Waals surface area contributed by atoms with Gasteiger partial charge in [0, 0.05) is 19.0 Å². The van der Waals surface area contributed by atoms with E-state index >= 15 is 0 Å². The molecule has 0 saturated heterocycles. The molecule has 0 atom stereocenters. The van der Waals surface area contributed by atoms with Crippen LogP contribution in [0.1, 0.15) is 71.6 Å². The molecule has 1 rings (SSSR count). The van der Waals surface area contributed by atoms with E-state index in [1.54, 1.807) is 0 Å². The van der Waals surface area contributed by atoms with Crippen molar-refractivity contribution < 1.29 is 9.90 Å². The van der Waals surface area contributed by atoms with Crippen LogP contribution < -0.4 is 0 Å². The van der Waals surface area contributed by atoms with E-state index < -0.39 is 0 Å². The van der Waals surface area contributed by atoms with Crippen molar-refractivity contribution in [2.24, 2.45) is 5.92 Å². The molecule has 0 bridgehead atoms. The molecule has 3 heteroatoms. The van der Waals surface area contributed by atoms with Crippen LogP contribution in [0.2, 0.25) is 0 Å². The van der Waals surface area contributed by atoms with E-state index in [2.05, 4.69) is 13.8 Å². The average Bonchev–Trinajstić information content (AvgIpc) is 2.46. The van der Waals surface area contributed by atoms with E-state index in [4.69, 9.17) is 5.11 Å². The molecule has 19 heavy (non-hydrogen) atoms. The zero-order valence-electron chi connectivity index (χ0n) is 12.7. The normalized spacial score (nSPS) is 16.8. The predicted molar refractivity (Wildman–Crippen MR) is 79.0 cm³/mol. The second-order valence-electron chi connectivity index (χ2n) is 5.82. The summed E-state index contributed by atoms with van der Waals surface area (Å²) in [5.41, 5.74) is 0. The SMILES string of the molecule is CCC(CC)N(CCO)C(=O)CCC1CCCCC1. The molecule has 1 amide bonds. The lowest BCUT2D eigenvalue weighted by Crippen LogP contribution is -2.41. The molecule has 0 aliphatic heterocycles. The number of rotatable bonds is 8. The number of hydrogen-bond acceptors (Lipinski definition) is 2. The summed E-state index contributed by atoms with van der Waals surface area (Å²) in [6.45, 7) is 4.81. The maximum atomic E-state index is 12.3. The Morgan fingerprint density at radius 2 is 1.84 bits per heavy atom. The third kappa shape index (κ3) is 5.52. The van der Waals surface area contributed by atoms with Gasteiger partial charge in [-0.1, -0.05) is 46.0 Å². The molecular formula is C16H31NO2. The maximum Gasteiger partial charge on any atom is 0.222 e. The number of amides is 1. The topological polar surface area (TPSA) is 40.5 Å². The highest BCUT2D eigenvalue weighted by Crippen LogP contribution is 2.27. The van der Waals surface area contributed by atoms with E-state index in [1.165, 1.54) is 32.1 Å². The van der Waals surface area contributed by atoms with Crippen molar-refractivity contribution in [1.29, 1.82) is 0 Å². The van der Waals surface area contributed by atoms with Gasteiger partial charge in [-0.3, -0.25) is 4.79 Å². The van der Waals surface area contributed by atoms with Crippen LogP contribution in [0.4, 0.5) is 0 Å². The van der Waals surface area contributed by atoms with Crippen LogP contribution >= 0.6 is 0 Å². The number of nitrogens with zero attached hydrogens (tertiary/aromatic N) is 1. The second-order valence-corrected chi connectivity index (χ2v) is 5.82. The lowest BCUT2D eigenvalue weighted by molar-refractivity contribution is -0.134. The maximum absolute atomic E-state index is 12.3. The van der Waals surface area contributed by atoms with E-state index in [-0.39, 0.29) is 12.5 Å².